The summed E-state index contributed by atoms with van der Waals surface area (Å²) in [6.07, 6.45) is 3.65. The minimum absolute atomic E-state index is 0.0774. The number of nitrogens with one attached hydrogen (secondary N) is 1. The molecule has 1 atom stereocenters. The van der Waals surface area contributed by atoms with Crippen molar-refractivity contribution in [1.82, 2.24) is 0 Å². The van der Waals surface area contributed by atoms with Crippen LogP contribution in [0.3, 0.4) is 0 Å². The fourth-order valence-corrected chi connectivity index (χ4v) is 2.22. The Bertz CT molecular complexity index is 458. The molecule has 5 nitrogen and oxygen atoms in total. The molecule has 0 heterocycles. The Morgan fingerprint density at radius 2 is 2.26 bits per heavy atom. The highest BCUT2D eigenvalue weighted by atomic mass is 16.6. The minimum Gasteiger partial charge on any atom is -0.494 e. The first-order chi connectivity index (χ1) is 9.10. The normalized spacial score (nSPS) is 15.9. The van der Waals surface area contributed by atoms with E-state index >= 15 is 0 Å². The number of rotatable bonds is 7. The van der Waals surface area contributed by atoms with Gasteiger partial charge in [0.25, 0.3) is 5.69 Å². The Balaban J connectivity index is 2.10. The van der Waals surface area contributed by atoms with Gasteiger partial charge in [0.15, 0.2) is 0 Å². The fraction of sp³-hybridized carbons (Fsp3) is 0.571. The van der Waals surface area contributed by atoms with Crippen molar-refractivity contribution < 1.29 is 9.66 Å². The second kappa shape index (κ2) is 5.91. The monoisotopic (exact) mass is 264 g/mol. The molecule has 1 fully saturated rings. The van der Waals surface area contributed by atoms with Gasteiger partial charge in [-0.2, -0.15) is 0 Å². The maximum atomic E-state index is 11.1. The Morgan fingerprint density at radius 1 is 1.53 bits per heavy atom. The third kappa shape index (κ3) is 3.84. The number of hydrogen-bond acceptors (Lipinski definition) is 4. The molecule has 1 unspecified atom stereocenters. The van der Waals surface area contributed by atoms with Crippen molar-refractivity contribution in [3.8, 4) is 5.75 Å². The quantitative estimate of drug-likeness (QED) is 0.603. The summed E-state index contributed by atoms with van der Waals surface area (Å²) in [5, 5.41) is 14.3. The summed E-state index contributed by atoms with van der Waals surface area (Å²) in [6.45, 7) is 4.43. The van der Waals surface area contributed by atoms with Gasteiger partial charge in [-0.05, 0) is 38.3 Å². The average Bonchev–Trinajstić information content (AvgIpc) is 3.15. The average molecular weight is 264 g/mol. The van der Waals surface area contributed by atoms with Crippen molar-refractivity contribution in [2.75, 3.05) is 11.9 Å². The van der Waals surface area contributed by atoms with Gasteiger partial charge in [0.2, 0.25) is 0 Å². The molecule has 1 aliphatic carbocycles. The van der Waals surface area contributed by atoms with Crippen LogP contribution < -0.4 is 10.1 Å². The van der Waals surface area contributed by atoms with Crippen molar-refractivity contribution in [1.29, 1.82) is 0 Å². The molecule has 0 aliphatic heterocycles. The van der Waals surface area contributed by atoms with Crippen LogP contribution >= 0.6 is 0 Å². The zero-order valence-electron chi connectivity index (χ0n) is 11.4. The van der Waals surface area contributed by atoms with E-state index < -0.39 is 0 Å². The summed E-state index contributed by atoms with van der Waals surface area (Å²) in [5.74, 6) is 1.33. The standard InChI is InChI=1S/C14H20N2O3/c1-3-19-12-6-7-13(14(9-12)16(17)18)15-10(2)8-11-4-5-11/h6-7,9-11,15H,3-5,8H2,1-2H3. The van der Waals surface area contributed by atoms with E-state index in [0.29, 0.717) is 18.0 Å². The van der Waals surface area contributed by atoms with Crippen LogP contribution in [-0.4, -0.2) is 17.6 Å². The van der Waals surface area contributed by atoms with Gasteiger partial charge in [0, 0.05) is 6.04 Å². The number of nitro benzene ring substituents is 1. The van der Waals surface area contributed by atoms with Crippen LogP contribution in [-0.2, 0) is 0 Å². The molecule has 0 amide bonds. The highest BCUT2D eigenvalue weighted by molar-refractivity contribution is 5.64. The summed E-state index contributed by atoms with van der Waals surface area (Å²) in [4.78, 5) is 10.7. The highest BCUT2D eigenvalue weighted by Crippen LogP contribution is 2.35. The molecule has 0 radical (unpaired) electrons. The predicted octanol–water partition coefficient (Wildman–Crippen LogP) is 3.59. The van der Waals surface area contributed by atoms with E-state index in [-0.39, 0.29) is 16.7 Å². The van der Waals surface area contributed by atoms with E-state index in [1.807, 2.05) is 6.92 Å². The molecule has 0 spiro atoms. The van der Waals surface area contributed by atoms with Crippen molar-refractivity contribution in [2.45, 2.75) is 39.2 Å². The van der Waals surface area contributed by atoms with Crippen LogP contribution in [0.4, 0.5) is 11.4 Å². The molecule has 0 saturated heterocycles. The van der Waals surface area contributed by atoms with E-state index in [1.54, 1.807) is 12.1 Å². The largest absolute Gasteiger partial charge is 0.494 e. The lowest BCUT2D eigenvalue weighted by molar-refractivity contribution is -0.384. The first-order valence-corrected chi connectivity index (χ1v) is 6.78. The number of ether oxygens (including phenoxy) is 1. The summed E-state index contributed by atoms with van der Waals surface area (Å²) in [6, 6.07) is 5.23. The lowest BCUT2D eigenvalue weighted by Gasteiger charge is -2.15. The fourth-order valence-electron chi connectivity index (χ4n) is 2.22. The molecule has 0 bridgehead atoms. The Morgan fingerprint density at radius 3 is 2.84 bits per heavy atom. The van der Waals surface area contributed by atoms with Crippen molar-refractivity contribution in [3.05, 3.63) is 28.3 Å². The van der Waals surface area contributed by atoms with Crippen LogP contribution in [0, 0.1) is 16.0 Å². The Hall–Kier alpha value is -1.78. The number of nitro groups is 1. The van der Waals surface area contributed by atoms with Gasteiger partial charge in [-0.1, -0.05) is 12.8 Å². The van der Waals surface area contributed by atoms with Gasteiger partial charge >= 0.3 is 0 Å². The van der Waals surface area contributed by atoms with E-state index in [1.165, 1.54) is 18.9 Å². The number of hydrogen-bond donors (Lipinski definition) is 1. The summed E-state index contributed by atoms with van der Waals surface area (Å²) in [5.41, 5.74) is 0.648. The highest BCUT2D eigenvalue weighted by Gasteiger charge is 2.24. The number of benzene rings is 1. The molecule has 104 valence electrons. The topological polar surface area (TPSA) is 64.4 Å². The lowest BCUT2D eigenvalue weighted by Crippen LogP contribution is -2.16. The second-order valence-corrected chi connectivity index (χ2v) is 5.09. The van der Waals surface area contributed by atoms with Gasteiger partial charge in [-0.25, -0.2) is 0 Å². The first-order valence-electron chi connectivity index (χ1n) is 6.78. The smallest absolute Gasteiger partial charge is 0.296 e. The SMILES string of the molecule is CCOc1ccc(NC(C)CC2CC2)c([N+](=O)[O-])c1. The maximum Gasteiger partial charge on any atom is 0.296 e. The van der Waals surface area contributed by atoms with Gasteiger partial charge < -0.3 is 10.1 Å². The molecule has 0 aromatic heterocycles. The summed E-state index contributed by atoms with van der Waals surface area (Å²) >= 11 is 0. The minimum atomic E-state index is -0.366. The first kappa shape index (κ1) is 13.6. The van der Waals surface area contributed by atoms with E-state index in [2.05, 4.69) is 12.2 Å². The molecular formula is C14H20N2O3. The van der Waals surface area contributed by atoms with Crippen LogP contribution in [0.15, 0.2) is 18.2 Å². The number of anilines is 1. The number of nitrogens with zero attached hydrogens (tertiary/aromatic N) is 1. The maximum absolute atomic E-state index is 11.1. The van der Waals surface area contributed by atoms with Crippen molar-refractivity contribution in [2.24, 2.45) is 5.92 Å². The molecule has 1 saturated carbocycles. The Kier molecular flexibility index (Phi) is 4.24. The van der Waals surface area contributed by atoms with Crippen molar-refractivity contribution in [3.63, 3.8) is 0 Å². The molecule has 2 rings (SSSR count). The van der Waals surface area contributed by atoms with E-state index in [9.17, 15) is 10.1 Å². The zero-order valence-corrected chi connectivity index (χ0v) is 11.4. The summed E-state index contributed by atoms with van der Waals surface area (Å²) in [7, 11) is 0. The van der Waals surface area contributed by atoms with Gasteiger partial charge in [0.1, 0.15) is 11.4 Å². The zero-order chi connectivity index (χ0) is 13.8. The van der Waals surface area contributed by atoms with Gasteiger partial charge in [0.05, 0.1) is 17.6 Å². The molecule has 5 heteroatoms. The molecular weight excluding hydrogens is 244 g/mol. The molecule has 1 N–H and O–H groups in total. The van der Waals surface area contributed by atoms with Crippen LogP contribution in [0.1, 0.15) is 33.1 Å². The van der Waals surface area contributed by atoms with Gasteiger partial charge in [-0.15, -0.1) is 0 Å². The molecule has 1 aromatic rings. The predicted molar refractivity (Wildman–Crippen MR) is 74.7 cm³/mol. The third-order valence-corrected chi connectivity index (χ3v) is 3.26. The summed E-state index contributed by atoms with van der Waals surface area (Å²) < 4.78 is 5.30. The lowest BCUT2D eigenvalue weighted by atomic mass is 10.1. The van der Waals surface area contributed by atoms with Gasteiger partial charge in [-0.3, -0.25) is 10.1 Å². The van der Waals surface area contributed by atoms with Crippen LogP contribution in [0.2, 0.25) is 0 Å². The van der Waals surface area contributed by atoms with E-state index in [0.717, 1.165) is 12.3 Å². The molecule has 1 aliphatic rings. The molecule has 1 aromatic carbocycles. The third-order valence-electron chi connectivity index (χ3n) is 3.26. The van der Waals surface area contributed by atoms with Crippen molar-refractivity contribution >= 4 is 11.4 Å². The van der Waals surface area contributed by atoms with E-state index in [4.69, 9.17) is 4.74 Å². The second-order valence-electron chi connectivity index (χ2n) is 5.09. The molecule has 19 heavy (non-hydrogen) atoms. The van der Waals surface area contributed by atoms with Crippen LogP contribution in [0.5, 0.6) is 5.75 Å². The van der Waals surface area contributed by atoms with Crippen LogP contribution in [0.25, 0.3) is 0 Å². The Labute approximate surface area is 113 Å².